The van der Waals surface area contributed by atoms with Crippen LogP contribution in [0.2, 0.25) is 0 Å². The Balaban J connectivity index is 2.89. The predicted molar refractivity (Wildman–Crippen MR) is 58.7 cm³/mol. The van der Waals surface area contributed by atoms with Gasteiger partial charge in [0.25, 0.3) is 0 Å². The van der Waals surface area contributed by atoms with Gasteiger partial charge in [-0.15, -0.1) is 0 Å². The van der Waals surface area contributed by atoms with Gasteiger partial charge in [-0.25, -0.2) is 0 Å². The summed E-state index contributed by atoms with van der Waals surface area (Å²) >= 11 is 0. The van der Waals surface area contributed by atoms with Gasteiger partial charge >= 0.3 is 0 Å². The number of carbonyl (C=O) groups excluding carboxylic acids is 2. The molecule has 80 valence electrons. The zero-order valence-electron chi connectivity index (χ0n) is 8.99. The fraction of sp³-hybridized carbons (Fsp3) is 0.333. The lowest BCUT2D eigenvalue weighted by Gasteiger charge is -2.10. The summed E-state index contributed by atoms with van der Waals surface area (Å²) in [5, 5.41) is 0. The van der Waals surface area contributed by atoms with Crippen LogP contribution in [0.4, 0.5) is 0 Å². The number of Topliss-reactive ketones (excluding diaryl/α,β-unsaturated/α-hetero) is 1. The van der Waals surface area contributed by atoms with Gasteiger partial charge in [-0.2, -0.15) is 0 Å². The molecule has 0 heterocycles. The molecule has 15 heavy (non-hydrogen) atoms. The van der Waals surface area contributed by atoms with E-state index < -0.39 is 0 Å². The van der Waals surface area contributed by atoms with Gasteiger partial charge in [0.05, 0.1) is 0 Å². The van der Waals surface area contributed by atoms with Crippen LogP contribution in [-0.4, -0.2) is 11.7 Å². The molecule has 0 aromatic heterocycles. The van der Waals surface area contributed by atoms with Crippen molar-refractivity contribution in [3.05, 3.63) is 35.4 Å². The van der Waals surface area contributed by atoms with Gasteiger partial charge in [0.2, 0.25) is 5.91 Å². The molecule has 0 saturated carbocycles. The van der Waals surface area contributed by atoms with E-state index in [1.54, 1.807) is 6.07 Å². The molecule has 2 N–H and O–H groups in total. The monoisotopic (exact) mass is 205 g/mol. The van der Waals surface area contributed by atoms with E-state index in [9.17, 15) is 9.59 Å². The van der Waals surface area contributed by atoms with Crippen LogP contribution in [0.15, 0.2) is 24.3 Å². The number of hydrogen-bond acceptors (Lipinski definition) is 2. The van der Waals surface area contributed by atoms with Crippen molar-refractivity contribution in [1.29, 1.82) is 0 Å². The third-order valence-electron chi connectivity index (χ3n) is 2.37. The smallest absolute Gasteiger partial charge is 0.218 e. The average Bonchev–Trinajstić information content (AvgIpc) is 2.17. The minimum absolute atomic E-state index is 0.0307. The van der Waals surface area contributed by atoms with Crippen molar-refractivity contribution in [3.8, 4) is 0 Å². The van der Waals surface area contributed by atoms with Gasteiger partial charge in [-0.05, 0) is 24.5 Å². The largest absolute Gasteiger partial charge is 0.370 e. The highest BCUT2D eigenvalue weighted by atomic mass is 16.1. The van der Waals surface area contributed by atoms with Gasteiger partial charge < -0.3 is 5.73 Å². The summed E-state index contributed by atoms with van der Waals surface area (Å²) in [6.45, 7) is 3.45. The second-order valence-electron chi connectivity index (χ2n) is 3.75. The quantitative estimate of drug-likeness (QED) is 0.763. The molecule has 0 aliphatic rings. The van der Waals surface area contributed by atoms with Crippen LogP contribution in [-0.2, 0) is 4.79 Å². The Morgan fingerprint density at radius 1 is 1.40 bits per heavy atom. The highest BCUT2D eigenvalue weighted by molar-refractivity contribution is 5.94. The molecule has 3 nitrogen and oxygen atoms in total. The number of rotatable bonds is 4. The first kappa shape index (κ1) is 11.4. The third-order valence-corrected chi connectivity index (χ3v) is 2.37. The molecule has 1 atom stereocenters. The summed E-state index contributed by atoms with van der Waals surface area (Å²) < 4.78 is 0. The molecule has 0 fully saturated rings. The van der Waals surface area contributed by atoms with Crippen LogP contribution in [0, 0.1) is 0 Å². The molecule has 0 spiro atoms. The van der Waals surface area contributed by atoms with Gasteiger partial charge in [0.1, 0.15) is 0 Å². The van der Waals surface area contributed by atoms with Gasteiger partial charge in [-0.3, -0.25) is 9.59 Å². The Kier molecular flexibility index (Phi) is 3.61. The Morgan fingerprint density at radius 2 is 2.07 bits per heavy atom. The minimum atomic E-state index is -0.323. The van der Waals surface area contributed by atoms with E-state index in [-0.39, 0.29) is 17.6 Å². The lowest BCUT2D eigenvalue weighted by molar-refractivity contribution is -0.118. The first-order valence-electron chi connectivity index (χ1n) is 4.90. The number of hydrogen-bond donors (Lipinski definition) is 1. The van der Waals surface area contributed by atoms with E-state index in [1.807, 2.05) is 25.1 Å². The Hall–Kier alpha value is -1.64. The molecule has 0 bridgehead atoms. The van der Waals surface area contributed by atoms with Crippen molar-refractivity contribution < 1.29 is 9.59 Å². The zero-order chi connectivity index (χ0) is 11.4. The van der Waals surface area contributed by atoms with E-state index in [1.165, 1.54) is 6.92 Å². The average molecular weight is 205 g/mol. The molecule has 1 unspecified atom stereocenters. The number of amides is 1. The molecule has 3 heteroatoms. The molecule has 1 rings (SSSR count). The molecule has 1 aromatic rings. The van der Waals surface area contributed by atoms with Crippen molar-refractivity contribution in [3.63, 3.8) is 0 Å². The molecule has 1 aromatic carbocycles. The number of carbonyl (C=O) groups is 2. The SMILES string of the molecule is CC(=O)c1cccc(C(C)CC(N)=O)c1. The van der Waals surface area contributed by atoms with Crippen molar-refractivity contribution in [2.75, 3.05) is 0 Å². The van der Waals surface area contributed by atoms with Crippen molar-refractivity contribution >= 4 is 11.7 Å². The fourth-order valence-corrected chi connectivity index (χ4v) is 1.48. The highest BCUT2D eigenvalue weighted by Gasteiger charge is 2.10. The Bertz CT molecular complexity index is 385. The lowest BCUT2D eigenvalue weighted by Crippen LogP contribution is -2.13. The second-order valence-corrected chi connectivity index (χ2v) is 3.75. The summed E-state index contributed by atoms with van der Waals surface area (Å²) in [6.07, 6.45) is 0.307. The van der Waals surface area contributed by atoms with Gasteiger partial charge in [0.15, 0.2) is 5.78 Å². The molecular weight excluding hydrogens is 190 g/mol. The summed E-state index contributed by atoms with van der Waals surface area (Å²) in [6, 6.07) is 7.31. The topological polar surface area (TPSA) is 60.2 Å². The zero-order valence-corrected chi connectivity index (χ0v) is 8.99. The summed E-state index contributed by atoms with van der Waals surface area (Å²) in [5.41, 5.74) is 6.77. The third kappa shape index (κ3) is 3.20. The van der Waals surface area contributed by atoms with E-state index in [4.69, 9.17) is 5.73 Å². The van der Waals surface area contributed by atoms with Crippen LogP contribution in [0.1, 0.15) is 42.1 Å². The maximum atomic E-state index is 11.2. The van der Waals surface area contributed by atoms with E-state index in [0.29, 0.717) is 12.0 Å². The van der Waals surface area contributed by atoms with Crippen LogP contribution in [0.5, 0.6) is 0 Å². The lowest BCUT2D eigenvalue weighted by atomic mass is 9.95. The van der Waals surface area contributed by atoms with Crippen molar-refractivity contribution in [2.24, 2.45) is 5.73 Å². The molecule has 1 amide bonds. The number of primary amides is 1. The Labute approximate surface area is 89.3 Å². The fourth-order valence-electron chi connectivity index (χ4n) is 1.48. The summed E-state index contributed by atoms with van der Waals surface area (Å²) in [5.74, 6) is -0.236. The van der Waals surface area contributed by atoms with Crippen LogP contribution in [0.3, 0.4) is 0 Å². The van der Waals surface area contributed by atoms with E-state index >= 15 is 0 Å². The van der Waals surface area contributed by atoms with Crippen LogP contribution in [0.25, 0.3) is 0 Å². The standard InChI is InChI=1S/C12H15NO2/c1-8(6-12(13)15)10-4-3-5-11(7-10)9(2)14/h3-5,7-8H,6H2,1-2H3,(H2,13,15). The minimum Gasteiger partial charge on any atom is -0.370 e. The van der Waals surface area contributed by atoms with E-state index in [0.717, 1.165) is 5.56 Å². The molecule has 0 aliphatic carbocycles. The van der Waals surface area contributed by atoms with E-state index in [2.05, 4.69) is 0 Å². The molecule has 0 radical (unpaired) electrons. The number of ketones is 1. The molecule has 0 aliphatic heterocycles. The predicted octanol–water partition coefficient (Wildman–Crippen LogP) is 1.87. The molecule has 0 saturated heterocycles. The normalized spacial score (nSPS) is 12.1. The van der Waals surface area contributed by atoms with Crippen molar-refractivity contribution in [2.45, 2.75) is 26.2 Å². The van der Waals surface area contributed by atoms with Gasteiger partial charge in [0, 0.05) is 12.0 Å². The van der Waals surface area contributed by atoms with Crippen LogP contribution < -0.4 is 5.73 Å². The molecular formula is C12H15NO2. The first-order chi connectivity index (χ1) is 7.00. The highest BCUT2D eigenvalue weighted by Crippen LogP contribution is 2.19. The summed E-state index contributed by atoms with van der Waals surface area (Å²) in [7, 11) is 0. The van der Waals surface area contributed by atoms with Crippen molar-refractivity contribution in [1.82, 2.24) is 0 Å². The summed E-state index contributed by atoms with van der Waals surface area (Å²) in [4.78, 5) is 21.9. The van der Waals surface area contributed by atoms with Gasteiger partial charge in [-0.1, -0.05) is 25.1 Å². The number of benzene rings is 1. The maximum Gasteiger partial charge on any atom is 0.218 e. The van der Waals surface area contributed by atoms with Crippen LogP contribution >= 0.6 is 0 Å². The maximum absolute atomic E-state index is 11.2. The Morgan fingerprint density at radius 3 is 2.60 bits per heavy atom. The first-order valence-corrected chi connectivity index (χ1v) is 4.90. The second kappa shape index (κ2) is 4.73. The number of nitrogens with two attached hydrogens (primary N) is 1.